The van der Waals surface area contributed by atoms with Gasteiger partial charge in [0.2, 0.25) is 0 Å². The van der Waals surface area contributed by atoms with Crippen molar-refractivity contribution >= 4 is 33.2 Å². The number of rotatable bonds is 4. The van der Waals surface area contributed by atoms with E-state index in [0.29, 0.717) is 28.7 Å². The van der Waals surface area contributed by atoms with E-state index in [-0.39, 0.29) is 11.5 Å². The number of hydrogen-bond acceptors (Lipinski definition) is 3. The Bertz CT molecular complexity index is 1230. The van der Waals surface area contributed by atoms with E-state index in [0.717, 1.165) is 23.6 Å². The van der Waals surface area contributed by atoms with E-state index in [2.05, 4.69) is 11.9 Å². The quantitative estimate of drug-likeness (QED) is 0.520. The molecule has 0 unspecified atom stereocenters. The van der Waals surface area contributed by atoms with Gasteiger partial charge >= 0.3 is 0 Å². The molecule has 0 N–H and O–H groups in total. The van der Waals surface area contributed by atoms with Gasteiger partial charge in [-0.25, -0.2) is 4.98 Å². The minimum atomic E-state index is -0.161. The summed E-state index contributed by atoms with van der Waals surface area (Å²) in [7, 11) is 1.79. The molecule has 1 amide bonds. The second-order valence-corrected chi connectivity index (χ2v) is 6.83. The van der Waals surface area contributed by atoms with Crippen molar-refractivity contribution in [1.82, 2.24) is 14.3 Å². The molecule has 136 valence electrons. The maximum Gasteiger partial charge on any atom is 0.265 e. The summed E-state index contributed by atoms with van der Waals surface area (Å²) in [4.78, 5) is 32.3. The van der Waals surface area contributed by atoms with Crippen LogP contribution in [0.1, 0.15) is 30.1 Å². The fourth-order valence-electron chi connectivity index (χ4n) is 3.38. The maximum absolute atomic E-state index is 13.0. The number of unbranched alkanes of at least 4 members (excludes halogenated alkanes) is 1. The van der Waals surface area contributed by atoms with Crippen molar-refractivity contribution in [2.45, 2.75) is 19.8 Å². The minimum absolute atomic E-state index is 0.117. The summed E-state index contributed by atoms with van der Waals surface area (Å²) in [6, 6.07) is 15.1. The van der Waals surface area contributed by atoms with E-state index < -0.39 is 0 Å². The van der Waals surface area contributed by atoms with Crippen LogP contribution in [0.15, 0.2) is 59.5 Å². The fraction of sp³-hybridized carbons (Fsp3) is 0.227. The fourth-order valence-corrected chi connectivity index (χ4v) is 3.38. The van der Waals surface area contributed by atoms with Crippen molar-refractivity contribution in [3.63, 3.8) is 0 Å². The topological polar surface area (TPSA) is 54.7 Å². The first-order valence-electron chi connectivity index (χ1n) is 9.19. The summed E-state index contributed by atoms with van der Waals surface area (Å²) in [5.74, 6) is -0.117. The standard InChI is InChI=1S/C22H21N3O2/c1-3-4-11-24(2)21(26)17-10-7-12-25-20(17)23-19-14-16-9-6-5-8-15(16)13-18(19)22(25)27/h5-10,12-14H,3-4,11H2,1-2H3. The first-order valence-corrected chi connectivity index (χ1v) is 9.19. The molecular weight excluding hydrogens is 338 g/mol. The van der Waals surface area contributed by atoms with Gasteiger partial charge in [-0.05, 0) is 41.5 Å². The Labute approximate surface area is 156 Å². The zero-order chi connectivity index (χ0) is 19.0. The number of hydrogen-bond donors (Lipinski definition) is 0. The Morgan fingerprint density at radius 2 is 1.85 bits per heavy atom. The highest BCUT2D eigenvalue weighted by Crippen LogP contribution is 2.21. The van der Waals surface area contributed by atoms with Crippen LogP contribution in [0.25, 0.3) is 27.3 Å². The third-order valence-corrected chi connectivity index (χ3v) is 4.93. The number of pyridine rings is 1. The van der Waals surface area contributed by atoms with Crippen molar-refractivity contribution in [2.24, 2.45) is 0 Å². The molecule has 5 heteroatoms. The average molecular weight is 359 g/mol. The van der Waals surface area contributed by atoms with Crippen LogP contribution in [0.5, 0.6) is 0 Å². The predicted octanol–water partition coefficient (Wildman–Crippen LogP) is 3.87. The number of fused-ring (bicyclic) bond motifs is 3. The molecule has 4 aromatic rings. The predicted molar refractivity (Wildman–Crippen MR) is 108 cm³/mol. The van der Waals surface area contributed by atoms with Crippen molar-refractivity contribution < 1.29 is 4.79 Å². The third-order valence-electron chi connectivity index (χ3n) is 4.93. The normalized spacial score (nSPS) is 11.3. The number of benzene rings is 2. The Morgan fingerprint density at radius 3 is 2.59 bits per heavy atom. The molecule has 27 heavy (non-hydrogen) atoms. The van der Waals surface area contributed by atoms with Crippen LogP contribution < -0.4 is 5.56 Å². The number of carbonyl (C=O) groups is 1. The zero-order valence-electron chi connectivity index (χ0n) is 15.5. The molecule has 2 heterocycles. The number of amides is 1. The highest BCUT2D eigenvalue weighted by Gasteiger charge is 2.17. The molecular formula is C22H21N3O2. The van der Waals surface area contributed by atoms with E-state index in [1.54, 1.807) is 30.3 Å². The lowest BCUT2D eigenvalue weighted by Gasteiger charge is -2.17. The summed E-state index contributed by atoms with van der Waals surface area (Å²) < 4.78 is 1.47. The summed E-state index contributed by atoms with van der Waals surface area (Å²) >= 11 is 0. The smallest absolute Gasteiger partial charge is 0.265 e. The Balaban J connectivity index is 1.96. The van der Waals surface area contributed by atoms with E-state index in [9.17, 15) is 9.59 Å². The monoisotopic (exact) mass is 359 g/mol. The molecule has 0 aliphatic rings. The van der Waals surface area contributed by atoms with Crippen LogP contribution in [-0.4, -0.2) is 33.8 Å². The van der Waals surface area contributed by atoms with Crippen LogP contribution in [0.2, 0.25) is 0 Å². The van der Waals surface area contributed by atoms with Crippen molar-refractivity contribution in [3.8, 4) is 0 Å². The molecule has 0 bridgehead atoms. The lowest BCUT2D eigenvalue weighted by molar-refractivity contribution is 0.0794. The van der Waals surface area contributed by atoms with E-state index in [1.165, 1.54) is 4.40 Å². The SMILES string of the molecule is CCCCN(C)C(=O)c1cccn2c(=O)c3cc4ccccc4cc3nc12. The molecule has 4 rings (SSSR count). The highest BCUT2D eigenvalue weighted by molar-refractivity contribution is 6.01. The summed E-state index contributed by atoms with van der Waals surface area (Å²) in [6.07, 6.45) is 3.63. The van der Waals surface area contributed by atoms with Crippen LogP contribution in [-0.2, 0) is 0 Å². The van der Waals surface area contributed by atoms with Gasteiger partial charge in [0.15, 0.2) is 5.65 Å². The Hall–Kier alpha value is -3.21. The molecule has 0 atom stereocenters. The second kappa shape index (κ2) is 6.83. The number of carbonyl (C=O) groups excluding carboxylic acids is 1. The van der Waals surface area contributed by atoms with Crippen molar-refractivity contribution in [3.05, 3.63) is 70.6 Å². The number of aromatic nitrogens is 2. The van der Waals surface area contributed by atoms with Crippen molar-refractivity contribution in [1.29, 1.82) is 0 Å². The van der Waals surface area contributed by atoms with Crippen LogP contribution in [0, 0.1) is 0 Å². The third kappa shape index (κ3) is 2.95. The molecule has 5 nitrogen and oxygen atoms in total. The van der Waals surface area contributed by atoms with E-state index >= 15 is 0 Å². The molecule has 0 fully saturated rings. The van der Waals surface area contributed by atoms with Gasteiger partial charge in [0, 0.05) is 19.8 Å². The van der Waals surface area contributed by atoms with Gasteiger partial charge in [0.25, 0.3) is 11.5 Å². The largest absolute Gasteiger partial charge is 0.342 e. The average Bonchev–Trinajstić information content (AvgIpc) is 2.70. The highest BCUT2D eigenvalue weighted by atomic mass is 16.2. The molecule has 0 radical (unpaired) electrons. The Morgan fingerprint density at radius 1 is 1.11 bits per heavy atom. The minimum Gasteiger partial charge on any atom is -0.342 e. The van der Waals surface area contributed by atoms with Gasteiger partial charge in [-0.3, -0.25) is 14.0 Å². The van der Waals surface area contributed by atoms with E-state index in [1.807, 2.05) is 36.4 Å². The van der Waals surface area contributed by atoms with Gasteiger partial charge in [0.05, 0.1) is 16.5 Å². The summed E-state index contributed by atoms with van der Waals surface area (Å²) in [5, 5.41) is 2.57. The molecule has 0 saturated heterocycles. The molecule has 2 aromatic heterocycles. The van der Waals surface area contributed by atoms with Gasteiger partial charge in [0.1, 0.15) is 0 Å². The molecule has 0 saturated carbocycles. The van der Waals surface area contributed by atoms with Gasteiger partial charge in [-0.15, -0.1) is 0 Å². The zero-order valence-corrected chi connectivity index (χ0v) is 15.5. The van der Waals surface area contributed by atoms with E-state index in [4.69, 9.17) is 0 Å². The van der Waals surface area contributed by atoms with Gasteiger partial charge in [-0.2, -0.15) is 0 Å². The van der Waals surface area contributed by atoms with Crippen LogP contribution in [0.3, 0.4) is 0 Å². The Kier molecular flexibility index (Phi) is 4.36. The first-order chi connectivity index (χ1) is 13.1. The lowest BCUT2D eigenvalue weighted by atomic mass is 10.1. The van der Waals surface area contributed by atoms with Crippen molar-refractivity contribution in [2.75, 3.05) is 13.6 Å². The van der Waals surface area contributed by atoms with Crippen LogP contribution >= 0.6 is 0 Å². The van der Waals surface area contributed by atoms with Gasteiger partial charge in [-0.1, -0.05) is 37.6 Å². The van der Waals surface area contributed by atoms with Gasteiger partial charge < -0.3 is 4.90 Å². The molecule has 0 aliphatic carbocycles. The molecule has 0 spiro atoms. The molecule has 0 aliphatic heterocycles. The summed E-state index contributed by atoms with van der Waals surface area (Å²) in [5.41, 5.74) is 1.30. The van der Waals surface area contributed by atoms with Crippen LogP contribution in [0.4, 0.5) is 0 Å². The maximum atomic E-state index is 13.0. The summed E-state index contributed by atoms with van der Waals surface area (Å²) in [6.45, 7) is 2.77. The first kappa shape index (κ1) is 17.2. The lowest BCUT2D eigenvalue weighted by Crippen LogP contribution is -2.29. The molecule has 2 aromatic carbocycles. The number of nitrogens with zero attached hydrogens (tertiary/aromatic N) is 3. The second-order valence-electron chi connectivity index (χ2n) is 6.83.